The third kappa shape index (κ3) is 3.62. The van der Waals surface area contributed by atoms with E-state index in [1.165, 1.54) is 0 Å². The van der Waals surface area contributed by atoms with E-state index in [1.807, 2.05) is 56.3 Å². The van der Waals surface area contributed by atoms with Crippen molar-refractivity contribution in [3.63, 3.8) is 0 Å². The monoisotopic (exact) mass is 371 g/mol. The third-order valence-electron chi connectivity index (χ3n) is 4.69. The fraction of sp³-hybridized carbons (Fsp3) is 0.182. The van der Waals surface area contributed by atoms with Gasteiger partial charge in [0.25, 0.3) is 11.7 Å². The first kappa shape index (κ1) is 17.9. The molecule has 0 saturated carbocycles. The fourth-order valence-corrected chi connectivity index (χ4v) is 3.34. The zero-order chi connectivity index (χ0) is 19.5. The van der Waals surface area contributed by atoms with Gasteiger partial charge in [0.05, 0.1) is 0 Å². The molecule has 0 unspecified atom stereocenters. The highest BCUT2D eigenvalue weighted by atomic mass is 16.2. The van der Waals surface area contributed by atoms with Gasteiger partial charge in [0.2, 0.25) is 5.82 Å². The number of hydrogen-bond donors (Lipinski definition) is 1. The van der Waals surface area contributed by atoms with Crippen LogP contribution < -0.4 is 5.32 Å². The van der Waals surface area contributed by atoms with Crippen LogP contribution in [0.3, 0.4) is 0 Å². The lowest BCUT2D eigenvalue weighted by Crippen LogP contribution is -2.29. The van der Waals surface area contributed by atoms with Gasteiger partial charge < -0.3 is 5.32 Å². The number of amides is 1. The number of aromatic nitrogens is 4. The Morgan fingerprint density at radius 2 is 1.57 bits per heavy atom. The maximum Gasteiger partial charge on any atom is 0.291 e. The molecule has 1 N–H and O–H groups in total. The zero-order valence-electron chi connectivity index (χ0n) is 15.8. The summed E-state index contributed by atoms with van der Waals surface area (Å²) in [5.74, 6) is 0.302. The number of carbonyl (C=O) groups is 1. The van der Waals surface area contributed by atoms with Gasteiger partial charge in [-0.2, -0.15) is 4.98 Å². The van der Waals surface area contributed by atoms with Crippen molar-refractivity contribution in [1.82, 2.24) is 24.9 Å². The highest BCUT2D eigenvalue weighted by Gasteiger charge is 2.19. The van der Waals surface area contributed by atoms with Crippen LogP contribution in [0.4, 0.5) is 0 Å². The summed E-state index contributed by atoms with van der Waals surface area (Å²) in [6.07, 6.45) is 0. The molecule has 0 aliphatic heterocycles. The van der Waals surface area contributed by atoms with E-state index in [4.69, 9.17) is 0 Å². The van der Waals surface area contributed by atoms with Crippen LogP contribution in [0.5, 0.6) is 0 Å². The summed E-state index contributed by atoms with van der Waals surface area (Å²) in [7, 11) is 0. The second-order valence-corrected chi connectivity index (χ2v) is 6.77. The Kier molecular flexibility index (Phi) is 4.85. The second-order valence-electron chi connectivity index (χ2n) is 6.77. The van der Waals surface area contributed by atoms with Crippen molar-refractivity contribution in [3.8, 4) is 0 Å². The molecule has 28 heavy (non-hydrogen) atoms. The predicted molar refractivity (Wildman–Crippen MR) is 107 cm³/mol. The Bertz CT molecular complexity index is 1070. The Labute approximate surface area is 163 Å². The molecule has 2 heterocycles. The van der Waals surface area contributed by atoms with Crippen molar-refractivity contribution < 1.29 is 4.79 Å². The van der Waals surface area contributed by atoms with Crippen LogP contribution in [-0.2, 0) is 0 Å². The summed E-state index contributed by atoms with van der Waals surface area (Å²) in [5, 5.41) is 7.29. The normalized spacial score (nSPS) is 11.1. The van der Waals surface area contributed by atoms with Crippen molar-refractivity contribution in [2.24, 2.45) is 0 Å². The summed E-state index contributed by atoms with van der Waals surface area (Å²) in [5.41, 5.74) is 4.02. The molecule has 0 saturated heterocycles. The van der Waals surface area contributed by atoms with Crippen molar-refractivity contribution >= 4 is 11.7 Å². The number of fused-ring (bicyclic) bond motifs is 1. The minimum Gasteiger partial charge on any atom is -0.348 e. The van der Waals surface area contributed by atoms with Gasteiger partial charge in [0.1, 0.15) is 0 Å². The van der Waals surface area contributed by atoms with E-state index in [0.29, 0.717) is 12.3 Å². The predicted octanol–water partition coefficient (Wildman–Crippen LogP) is 3.30. The smallest absolute Gasteiger partial charge is 0.291 e. The van der Waals surface area contributed by atoms with Crippen LogP contribution >= 0.6 is 0 Å². The van der Waals surface area contributed by atoms with Gasteiger partial charge in [-0.3, -0.25) is 4.79 Å². The molecule has 6 heteroatoms. The van der Waals surface area contributed by atoms with E-state index in [-0.39, 0.29) is 17.6 Å². The molecule has 0 aliphatic rings. The summed E-state index contributed by atoms with van der Waals surface area (Å²) < 4.78 is 1.59. The van der Waals surface area contributed by atoms with Crippen LogP contribution in [0.25, 0.3) is 5.78 Å². The highest BCUT2D eigenvalue weighted by Crippen LogP contribution is 2.23. The number of nitrogens with one attached hydrogen (secondary N) is 1. The molecule has 0 spiro atoms. The SMILES string of the molecule is Cc1cc(C)n2nc(C(=O)NCC(c3ccccc3)c3ccccc3)nc2n1. The third-order valence-corrected chi connectivity index (χ3v) is 4.69. The molecule has 0 bridgehead atoms. The van der Waals surface area contributed by atoms with E-state index >= 15 is 0 Å². The molecule has 0 atom stereocenters. The minimum atomic E-state index is -0.306. The summed E-state index contributed by atoms with van der Waals surface area (Å²) in [6.45, 7) is 4.26. The first-order chi connectivity index (χ1) is 13.6. The van der Waals surface area contributed by atoms with Crippen molar-refractivity contribution in [3.05, 3.63) is 95.1 Å². The molecule has 1 amide bonds. The largest absolute Gasteiger partial charge is 0.348 e. The van der Waals surface area contributed by atoms with E-state index < -0.39 is 0 Å². The molecule has 6 nitrogen and oxygen atoms in total. The Hall–Kier alpha value is -3.54. The summed E-state index contributed by atoms with van der Waals surface area (Å²) in [4.78, 5) is 21.3. The molecule has 2 aromatic carbocycles. The van der Waals surface area contributed by atoms with Gasteiger partial charge >= 0.3 is 0 Å². The maximum absolute atomic E-state index is 12.7. The quantitative estimate of drug-likeness (QED) is 0.584. The maximum atomic E-state index is 12.7. The summed E-state index contributed by atoms with van der Waals surface area (Å²) in [6, 6.07) is 22.2. The highest BCUT2D eigenvalue weighted by molar-refractivity contribution is 5.90. The Morgan fingerprint density at radius 1 is 0.964 bits per heavy atom. The number of carbonyl (C=O) groups excluding carboxylic acids is 1. The van der Waals surface area contributed by atoms with E-state index in [0.717, 1.165) is 22.5 Å². The number of rotatable bonds is 5. The number of benzene rings is 2. The molecule has 4 aromatic rings. The molecule has 0 fully saturated rings. The molecule has 2 aromatic heterocycles. The lowest BCUT2D eigenvalue weighted by atomic mass is 9.91. The van der Waals surface area contributed by atoms with Gasteiger partial charge in [0, 0.05) is 23.9 Å². The van der Waals surface area contributed by atoms with Crippen molar-refractivity contribution in [2.45, 2.75) is 19.8 Å². The second kappa shape index (κ2) is 7.60. The number of aryl methyl sites for hydroxylation is 2. The average molecular weight is 371 g/mol. The standard InChI is InChI=1S/C22H21N5O/c1-15-13-16(2)27-22(24-15)25-20(26-27)21(28)23-14-19(17-9-5-3-6-10-17)18-11-7-4-8-12-18/h3-13,19H,14H2,1-2H3,(H,23,28). The number of hydrogen-bond acceptors (Lipinski definition) is 4. The van der Waals surface area contributed by atoms with Crippen molar-refractivity contribution in [1.29, 1.82) is 0 Å². The van der Waals surface area contributed by atoms with Gasteiger partial charge in [0.15, 0.2) is 0 Å². The first-order valence-electron chi connectivity index (χ1n) is 9.21. The van der Waals surface area contributed by atoms with Crippen molar-refractivity contribution in [2.75, 3.05) is 6.54 Å². The topological polar surface area (TPSA) is 72.2 Å². The first-order valence-corrected chi connectivity index (χ1v) is 9.21. The van der Waals surface area contributed by atoms with Crippen LogP contribution in [0, 0.1) is 13.8 Å². The summed E-state index contributed by atoms with van der Waals surface area (Å²) >= 11 is 0. The van der Waals surface area contributed by atoms with Crippen LogP contribution in [0.15, 0.2) is 66.7 Å². The van der Waals surface area contributed by atoms with Gasteiger partial charge in [-0.25, -0.2) is 9.50 Å². The fourth-order valence-electron chi connectivity index (χ4n) is 3.34. The van der Waals surface area contributed by atoms with Crippen LogP contribution in [0.2, 0.25) is 0 Å². The lowest BCUT2D eigenvalue weighted by molar-refractivity contribution is 0.0942. The Morgan fingerprint density at radius 3 is 2.18 bits per heavy atom. The zero-order valence-corrected chi connectivity index (χ0v) is 15.8. The molecule has 4 rings (SSSR count). The molecular formula is C22H21N5O. The Balaban J connectivity index is 1.57. The van der Waals surface area contributed by atoms with Crippen LogP contribution in [0.1, 0.15) is 39.1 Å². The molecule has 140 valence electrons. The molecule has 0 aliphatic carbocycles. The van der Waals surface area contributed by atoms with Gasteiger partial charge in [-0.05, 0) is 31.0 Å². The van der Waals surface area contributed by atoms with Gasteiger partial charge in [-0.1, -0.05) is 60.7 Å². The van der Waals surface area contributed by atoms with Gasteiger partial charge in [-0.15, -0.1) is 5.10 Å². The van der Waals surface area contributed by atoms with Crippen LogP contribution in [-0.4, -0.2) is 32.0 Å². The molecule has 0 radical (unpaired) electrons. The van der Waals surface area contributed by atoms with E-state index in [9.17, 15) is 4.79 Å². The van der Waals surface area contributed by atoms with E-state index in [2.05, 4.69) is 44.6 Å². The minimum absolute atomic E-state index is 0.0467. The lowest BCUT2D eigenvalue weighted by Gasteiger charge is -2.18. The average Bonchev–Trinajstić information content (AvgIpc) is 3.14. The molecular weight excluding hydrogens is 350 g/mol. The van der Waals surface area contributed by atoms with E-state index in [1.54, 1.807) is 4.52 Å². The number of nitrogens with zero attached hydrogens (tertiary/aromatic N) is 4.